The second-order valence-corrected chi connectivity index (χ2v) is 4.14. The fourth-order valence-corrected chi connectivity index (χ4v) is 1.85. The first-order valence-electron chi connectivity index (χ1n) is 6.15. The van der Waals surface area contributed by atoms with Crippen LogP contribution in [0.3, 0.4) is 0 Å². The molecule has 1 aromatic rings. The van der Waals surface area contributed by atoms with Crippen molar-refractivity contribution in [2.75, 3.05) is 7.11 Å². The average molecular weight is 248 g/mol. The first-order chi connectivity index (χ1) is 8.74. The number of aryl methyl sites for hydroxylation is 1. The van der Waals surface area contributed by atoms with Gasteiger partial charge in [0.1, 0.15) is 0 Å². The minimum atomic E-state index is -0.303. The van der Waals surface area contributed by atoms with E-state index >= 15 is 0 Å². The highest BCUT2D eigenvalue weighted by atomic mass is 19.1. The summed E-state index contributed by atoms with van der Waals surface area (Å²) >= 11 is 0. The smallest absolute Gasteiger partial charge is 0.169 e. The third kappa shape index (κ3) is 2.73. The Bertz CT molecular complexity index is 489. The molecule has 0 heterocycles. The zero-order valence-electron chi connectivity index (χ0n) is 10.7. The van der Waals surface area contributed by atoms with E-state index in [4.69, 9.17) is 9.47 Å². The van der Waals surface area contributed by atoms with Crippen molar-refractivity contribution in [1.82, 2.24) is 0 Å². The summed E-state index contributed by atoms with van der Waals surface area (Å²) in [5, 5.41) is 0. The molecule has 0 saturated heterocycles. The molecule has 0 spiro atoms. The molecule has 0 bridgehead atoms. The van der Waals surface area contributed by atoms with Crippen molar-refractivity contribution in [2.45, 2.75) is 26.2 Å². The highest BCUT2D eigenvalue weighted by Gasteiger charge is 2.13. The molecule has 0 unspecified atom stereocenters. The third-order valence-corrected chi connectivity index (χ3v) is 2.91. The van der Waals surface area contributed by atoms with Crippen molar-refractivity contribution in [1.29, 1.82) is 0 Å². The van der Waals surface area contributed by atoms with Gasteiger partial charge in [0.25, 0.3) is 0 Å². The van der Waals surface area contributed by atoms with Gasteiger partial charge in [-0.3, -0.25) is 0 Å². The van der Waals surface area contributed by atoms with Crippen LogP contribution >= 0.6 is 0 Å². The Balaban J connectivity index is 2.23. The second kappa shape index (κ2) is 5.71. The highest BCUT2D eigenvalue weighted by molar-refractivity contribution is 5.45. The Labute approximate surface area is 107 Å². The van der Waals surface area contributed by atoms with Crippen LogP contribution in [0, 0.1) is 0 Å². The summed E-state index contributed by atoms with van der Waals surface area (Å²) in [5.41, 5.74) is 1.16. The van der Waals surface area contributed by atoms with Crippen molar-refractivity contribution in [3.05, 3.63) is 47.5 Å². The largest absolute Gasteiger partial charge is 0.493 e. The summed E-state index contributed by atoms with van der Waals surface area (Å²) in [7, 11) is 1.59. The molecule has 0 N–H and O–H groups in total. The van der Waals surface area contributed by atoms with Gasteiger partial charge in [0.05, 0.1) is 7.11 Å². The molecule has 18 heavy (non-hydrogen) atoms. The molecule has 0 aliphatic heterocycles. The molecule has 0 amide bonds. The number of allylic oxidation sites excluding steroid dienone is 3. The summed E-state index contributed by atoms with van der Waals surface area (Å²) < 4.78 is 24.4. The predicted octanol–water partition coefficient (Wildman–Crippen LogP) is 4.17. The molecule has 1 aromatic carbocycles. The molecule has 2 rings (SSSR count). The molecular weight excluding hydrogens is 231 g/mol. The van der Waals surface area contributed by atoms with Crippen LogP contribution in [0.1, 0.15) is 25.3 Å². The molecule has 1 aliphatic carbocycles. The van der Waals surface area contributed by atoms with E-state index in [0.717, 1.165) is 24.8 Å². The standard InChI is InChI=1S/C15H17FO2/c1-3-11-8-9-14(15(10-11)17-2)18-13-7-5-4-6-12(13)16/h6-10H,3-5H2,1-2H3. The maximum atomic E-state index is 13.5. The van der Waals surface area contributed by atoms with Crippen LogP contribution in [0.15, 0.2) is 41.9 Å². The molecule has 0 aromatic heterocycles. The van der Waals surface area contributed by atoms with Crippen LogP contribution in [0.4, 0.5) is 4.39 Å². The van der Waals surface area contributed by atoms with E-state index in [9.17, 15) is 4.39 Å². The Kier molecular flexibility index (Phi) is 4.03. The lowest BCUT2D eigenvalue weighted by Crippen LogP contribution is -2.01. The van der Waals surface area contributed by atoms with E-state index in [1.165, 1.54) is 0 Å². The quantitative estimate of drug-likeness (QED) is 0.796. The Morgan fingerprint density at radius 3 is 2.61 bits per heavy atom. The first-order valence-corrected chi connectivity index (χ1v) is 6.15. The summed E-state index contributed by atoms with van der Waals surface area (Å²) in [6.07, 6.45) is 5.76. The van der Waals surface area contributed by atoms with E-state index in [1.807, 2.05) is 18.2 Å². The van der Waals surface area contributed by atoms with Crippen LogP contribution in [0.5, 0.6) is 11.5 Å². The van der Waals surface area contributed by atoms with E-state index < -0.39 is 0 Å². The lowest BCUT2D eigenvalue weighted by molar-refractivity contribution is 0.350. The number of methoxy groups -OCH3 is 1. The van der Waals surface area contributed by atoms with E-state index in [0.29, 0.717) is 11.5 Å². The summed E-state index contributed by atoms with van der Waals surface area (Å²) in [6.45, 7) is 2.07. The molecule has 0 saturated carbocycles. The van der Waals surface area contributed by atoms with Gasteiger partial charge in [-0.1, -0.05) is 13.0 Å². The van der Waals surface area contributed by atoms with Crippen molar-refractivity contribution >= 4 is 0 Å². The van der Waals surface area contributed by atoms with Gasteiger partial charge in [-0.25, -0.2) is 4.39 Å². The monoisotopic (exact) mass is 248 g/mol. The molecule has 1 aliphatic rings. The molecule has 0 fully saturated rings. The van der Waals surface area contributed by atoms with Crippen LogP contribution in [-0.2, 0) is 6.42 Å². The fourth-order valence-electron chi connectivity index (χ4n) is 1.85. The van der Waals surface area contributed by atoms with E-state index in [1.54, 1.807) is 19.3 Å². The van der Waals surface area contributed by atoms with Gasteiger partial charge in [0.2, 0.25) is 0 Å². The normalized spacial score (nSPS) is 14.8. The summed E-state index contributed by atoms with van der Waals surface area (Å²) in [4.78, 5) is 0. The number of halogens is 1. The summed E-state index contributed by atoms with van der Waals surface area (Å²) in [5.74, 6) is 1.16. The topological polar surface area (TPSA) is 18.5 Å². The number of hydrogen-bond acceptors (Lipinski definition) is 2. The Hall–Kier alpha value is -1.77. The van der Waals surface area contributed by atoms with Crippen molar-refractivity contribution in [3.8, 4) is 11.5 Å². The Morgan fingerprint density at radius 1 is 1.17 bits per heavy atom. The van der Waals surface area contributed by atoms with Gasteiger partial charge in [-0.05, 0) is 49.1 Å². The molecular formula is C15H17FO2. The van der Waals surface area contributed by atoms with Crippen LogP contribution in [0.2, 0.25) is 0 Å². The second-order valence-electron chi connectivity index (χ2n) is 4.14. The number of hydrogen-bond donors (Lipinski definition) is 0. The van der Waals surface area contributed by atoms with Crippen LogP contribution < -0.4 is 9.47 Å². The fraction of sp³-hybridized carbons (Fsp3) is 0.333. The van der Waals surface area contributed by atoms with Gasteiger partial charge in [0, 0.05) is 0 Å². The Morgan fingerprint density at radius 2 is 1.94 bits per heavy atom. The SMILES string of the molecule is CCc1ccc(OC2=CCCC=C2F)c(OC)c1. The van der Waals surface area contributed by atoms with Crippen molar-refractivity contribution in [2.24, 2.45) is 0 Å². The predicted molar refractivity (Wildman–Crippen MR) is 69.5 cm³/mol. The van der Waals surface area contributed by atoms with Gasteiger partial charge in [-0.2, -0.15) is 0 Å². The molecule has 0 radical (unpaired) electrons. The zero-order valence-corrected chi connectivity index (χ0v) is 10.7. The number of rotatable bonds is 4. The van der Waals surface area contributed by atoms with Crippen LogP contribution in [-0.4, -0.2) is 7.11 Å². The van der Waals surface area contributed by atoms with Gasteiger partial charge < -0.3 is 9.47 Å². The van der Waals surface area contributed by atoms with E-state index in [2.05, 4.69) is 6.92 Å². The van der Waals surface area contributed by atoms with E-state index in [-0.39, 0.29) is 11.6 Å². The van der Waals surface area contributed by atoms with Crippen LogP contribution in [0.25, 0.3) is 0 Å². The first kappa shape index (κ1) is 12.7. The maximum Gasteiger partial charge on any atom is 0.169 e. The lowest BCUT2D eigenvalue weighted by Gasteiger charge is -2.14. The number of ether oxygens (including phenoxy) is 2. The van der Waals surface area contributed by atoms with Crippen molar-refractivity contribution in [3.63, 3.8) is 0 Å². The highest BCUT2D eigenvalue weighted by Crippen LogP contribution is 2.32. The van der Waals surface area contributed by atoms with Gasteiger partial charge in [0.15, 0.2) is 23.1 Å². The van der Waals surface area contributed by atoms with Crippen molar-refractivity contribution < 1.29 is 13.9 Å². The summed E-state index contributed by atoms with van der Waals surface area (Å²) in [6, 6.07) is 5.70. The van der Waals surface area contributed by atoms with Gasteiger partial charge >= 0.3 is 0 Å². The maximum absolute atomic E-state index is 13.5. The molecule has 2 nitrogen and oxygen atoms in total. The van der Waals surface area contributed by atoms with Gasteiger partial charge in [-0.15, -0.1) is 0 Å². The zero-order chi connectivity index (χ0) is 13.0. The lowest BCUT2D eigenvalue weighted by atomic mass is 10.1. The molecule has 96 valence electrons. The average Bonchev–Trinajstić information content (AvgIpc) is 2.41. The number of benzene rings is 1. The molecule has 3 heteroatoms. The third-order valence-electron chi connectivity index (χ3n) is 2.91. The minimum Gasteiger partial charge on any atom is -0.493 e. The molecule has 0 atom stereocenters. The minimum absolute atomic E-state index is 0.281.